The van der Waals surface area contributed by atoms with E-state index in [4.69, 9.17) is 16.6 Å². The lowest BCUT2D eigenvalue weighted by atomic mass is 9.92. The van der Waals surface area contributed by atoms with Gasteiger partial charge in [-0.1, -0.05) is 11.6 Å². The van der Waals surface area contributed by atoms with Crippen LogP contribution in [0.3, 0.4) is 0 Å². The highest BCUT2D eigenvalue weighted by Crippen LogP contribution is 2.30. The molecule has 0 saturated carbocycles. The largest absolute Gasteiger partial charge is 0.337 e. The summed E-state index contributed by atoms with van der Waals surface area (Å²) in [6.45, 7) is 7.67. The Hall–Kier alpha value is -2.19. The number of H-pyrrole nitrogens is 1. The van der Waals surface area contributed by atoms with Crippen LogP contribution in [-0.4, -0.2) is 67.7 Å². The Morgan fingerprint density at radius 3 is 2.58 bits per heavy atom. The summed E-state index contributed by atoms with van der Waals surface area (Å²) in [4.78, 5) is 37.3. The van der Waals surface area contributed by atoms with Crippen molar-refractivity contribution in [3.8, 4) is 0 Å². The molecule has 4 rings (SSSR count). The summed E-state index contributed by atoms with van der Waals surface area (Å²) in [6, 6.07) is 2.17. The quantitative estimate of drug-likeness (QED) is 0.780. The van der Waals surface area contributed by atoms with Gasteiger partial charge in [0.05, 0.1) is 10.7 Å². The number of carbonyl (C=O) groups excluding carboxylic acids is 1. The van der Waals surface area contributed by atoms with Crippen molar-refractivity contribution in [3.63, 3.8) is 0 Å². The Balaban J connectivity index is 1.44. The first-order valence-electron chi connectivity index (χ1n) is 11.2. The molecule has 9 heteroatoms. The van der Waals surface area contributed by atoms with Gasteiger partial charge >= 0.3 is 0 Å². The van der Waals surface area contributed by atoms with E-state index in [9.17, 15) is 9.59 Å². The van der Waals surface area contributed by atoms with Crippen molar-refractivity contribution in [1.29, 1.82) is 0 Å². The van der Waals surface area contributed by atoms with Crippen LogP contribution in [0.25, 0.3) is 0 Å². The summed E-state index contributed by atoms with van der Waals surface area (Å²) in [7, 11) is 1.75. The first-order valence-corrected chi connectivity index (χ1v) is 11.5. The second kappa shape index (κ2) is 9.12. The predicted octanol–water partition coefficient (Wildman–Crippen LogP) is 2.76. The maximum atomic E-state index is 12.8. The van der Waals surface area contributed by atoms with Crippen molar-refractivity contribution < 1.29 is 4.79 Å². The van der Waals surface area contributed by atoms with Crippen LogP contribution in [0.1, 0.15) is 73.4 Å². The summed E-state index contributed by atoms with van der Waals surface area (Å²) in [5, 5.41) is 4.56. The molecule has 168 valence electrons. The summed E-state index contributed by atoms with van der Waals surface area (Å²) in [5.41, 5.74) is 1.12. The average Bonchev–Trinajstić information content (AvgIpc) is 3.11. The number of nitrogens with one attached hydrogen (secondary N) is 1. The van der Waals surface area contributed by atoms with Gasteiger partial charge in [0.2, 0.25) is 0 Å². The van der Waals surface area contributed by atoms with Crippen molar-refractivity contribution in [3.05, 3.63) is 44.9 Å². The third kappa shape index (κ3) is 4.85. The van der Waals surface area contributed by atoms with E-state index in [0.29, 0.717) is 35.8 Å². The van der Waals surface area contributed by atoms with Gasteiger partial charge in [-0.05, 0) is 46.1 Å². The van der Waals surface area contributed by atoms with Crippen molar-refractivity contribution in [2.75, 3.05) is 26.2 Å². The molecule has 2 aromatic rings. The Morgan fingerprint density at radius 1 is 1.19 bits per heavy atom. The number of aromatic amines is 1. The van der Waals surface area contributed by atoms with Crippen molar-refractivity contribution in [1.82, 2.24) is 29.5 Å². The van der Waals surface area contributed by atoms with Gasteiger partial charge in [-0.2, -0.15) is 5.10 Å². The molecule has 2 aliphatic heterocycles. The van der Waals surface area contributed by atoms with Gasteiger partial charge in [0, 0.05) is 56.8 Å². The van der Waals surface area contributed by atoms with Crippen LogP contribution in [0, 0.1) is 0 Å². The molecule has 4 heterocycles. The second-order valence-corrected chi connectivity index (χ2v) is 9.46. The van der Waals surface area contributed by atoms with Gasteiger partial charge in [-0.25, -0.2) is 4.98 Å². The zero-order valence-electron chi connectivity index (χ0n) is 18.5. The monoisotopic (exact) mass is 446 g/mol. The molecule has 1 unspecified atom stereocenters. The molecule has 0 aromatic carbocycles. The first-order chi connectivity index (χ1) is 14.8. The molecule has 8 nitrogen and oxygen atoms in total. The summed E-state index contributed by atoms with van der Waals surface area (Å²) < 4.78 is 1.55. The molecule has 2 aliphatic rings. The number of rotatable bonds is 4. The molecule has 2 aromatic heterocycles. The van der Waals surface area contributed by atoms with E-state index in [0.717, 1.165) is 50.3 Å². The number of piperidine rings is 2. The molecule has 0 radical (unpaired) electrons. The number of amides is 1. The van der Waals surface area contributed by atoms with Crippen LogP contribution < -0.4 is 5.56 Å². The second-order valence-electron chi connectivity index (χ2n) is 9.05. The SMILES string of the molecule is CC(C)N1CCCC(c2cc(=O)[nH]c(C3CCN(C(=O)c4nn(C)cc4Cl)CC3)n2)C1. The van der Waals surface area contributed by atoms with Crippen LogP contribution in [0.15, 0.2) is 17.1 Å². The average molecular weight is 447 g/mol. The number of aromatic nitrogens is 4. The number of hydrogen-bond donors (Lipinski definition) is 1. The molecule has 1 amide bonds. The van der Waals surface area contributed by atoms with Crippen LogP contribution >= 0.6 is 11.6 Å². The number of halogens is 1. The normalized spacial score (nSPS) is 21.1. The maximum Gasteiger partial charge on any atom is 0.275 e. The molecule has 1 atom stereocenters. The topological polar surface area (TPSA) is 87.1 Å². The maximum absolute atomic E-state index is 12.8. The minimum Gasteiger partial charge on any atom is -0.337 e. The summed E-state index contributed by atoms with van der Waals surface area (Å²) in [5.74, 6) is 1.05. The minimum atomic E-state index is -0.143. The lowest BCUT2D eigenvalue weighted by molar-refractivity contribution is 0.0704. The smallest absolute Gasteiger partial charge is 0.275 e. The molecule has 1 N–H and O–H groups in total. The van der Waals surface area contributed by atoms with E-state index in [1.54, 1.807) is 28.9 Å². The fourth-order valence-corrected chi connectivity index (χ4v) is 4.99. The molecule has 0 spiro atoms. The summed E-state index contributed by atoms with van der Waals surface area (Å²) >= 11 is 6.14. The van der Waals surface area contributed by atoms with Gasteiger partial charge < -0.3 is 14.8 Å². The lowest BCUT2D eigenvalue weighted by Crippen LogP contribution is -2.40. The molecule has 0 bridgehead atoms. The number of likely N-dealkylation sites (tertiary alicyclic amines) is 2. The molecular weight excluding hydrogens is 416 g/mol. The highest BCUT2D eigenvalue weighted by Gasteiger charge is 2.30. The van der Waals surface area contributed by atoms with E-state index in [-0.39, 0.29) is 17.4 Å². The van der Waals surface area contributed by atoms with Crippen molar-refractivity contribution >= 4 is 17.5 Å². The predicted molar refractivity (Wildman–Crippen MR) is 120 cm³/mol. The number of aryl methyl sites for hydroxylation is 1. The van der Waals surface area contributed by atoms with Gasteiger partial charge in [0.15, 0.2) is 5.69 Å². The number of nitrogens with zero attached hydrogens (tertiary/aromatic N) is 5. The Kier molecular flexibility index (Phi) is 6.48. The molecular formula is C22H31ClN6O2. The molecule has 2 saturated heterocycles. The van der Waals surface area contributed by atoms with Crippen molar-refractivity contribution in [2.45, 2.75) is 57.4 Å². The Bertz CT molecular complexity index is 992. The summed E-state index contributed by atoms with van der Waals surface area (Å²) in [6.07, 6.45) is 5.34. The minimum absolute atomic E-state index is 0.0829. The van der Waals surface area contributed by atoms with Gasteiger partial charge in [0.1, 0.15) is 5.82 Å². The molecule has 2 fully saturated rings. The van der Waals surface area contributed by atoms with Crippen LogP contribution in [0.2, 0.25) is 5.02 Å². The highest BCUT2D eigenvalue weighted by molar-refractivity contribution is 6.33. The van der Waals surface area contributed by atoms with Crippen LogP contribution in [0.4, 0.5) is 0 Å². The Morgan fingerprint density at radius 2 is 1.94 bits per heavy atom. The van der Waals surface area contributed by atoms with Gasteiger partial charge in [-0.15, -0.1) is 0 Å². The molecule has 0 aliphatic carbocycles. The van der Waals surface area contributed by atoms with E-state index < -0.39 is 0 Å². The number of hydrogen-bond acceptors (Lipinski definition) is 5. The van der Waals surface area contributed by atoms with Crippen molar-refractivity contribution in [2.24, 2.45) is 7.05 Å². The first kappa shape index (κ1) is 22.0. The zero-order valence-corrected chi connectivity index (χ0v) is 19.2. The number of carbonyl (C=O) groups is 1. The third-order valence-electron chi connectivity index (χ3n) is 6.54. The third-order valence-corrected chi connectivity index (χ3v) is 6.81. The Labute approximate surface area is 187 Å². The van der Waals surface area contributed by atoms with Crippen LogP contribution in [0.5, 0.6) is 0 Å². The fourth-order valence-electron chi connectivity index (χ4n) is 4.73. The highest BCUT2D eigenvalue weighted by atomic mass is 35.5. The lowest BCUT2D eigenvalue weighted by Gasteiger charge is -2.35. The van der Waals surface area contributed by atoms with E-state index in [1.165, 1.54) is 0 Å². The van der Waals surface area contributed by atoms with Crippen LogP contribution in [-0.2, 0) is 7.05 Å². The van der Waals surface area contributed by atoms with Gasteiger partial charge in [-0.3, -0.25) is 14.3 Å². The van der Waals surface area contributed by atoms with Gasteiger partial charge in [0.25, 0.3) is 11.5 Å². The fraction of sp³-hybridized carbons (Fsp3) is 0.636. The standard InChI is InChI=1S/C22H31ClN6O2/c1-14(2)29-8-4-5-16(12-29)18-11-19(30)25-21(24-18)15-6-9-28(10-7-15)22(31)20-17(23)13-27(3)26-20/h11,13-16H,4-10,12H2,1-3H3,(H,24,25,30). The van der Waals surface area contributed by atoms with E-state index in [1.807, 2.05) is 0 Å². The zero-order chi connectivity index (χ0) is 22.1. The molecule has 31 heavy (non-hydrogen) atoms. The van der Waals surface area contributed by atoms with E-state index in [2.05, 4.69) is 28.8 Å². The van der Waals surface area contributed by atoms with E-state index >= 15 is 0 Å².